The largest absolute Gasteiger partial charge is 0.359 e. The van der Waals surface area contributed by atoms with Gasteiger partial charge in [-0.1, -0.05) is 24.6 Å². The number of halogens is 1. The molecule has 1 atom stereocenters. The molecule has 1 aliphatic rings. The van der Waals surface area contributed by atoms with E-state index >= 15 is 0 Å². The van der Waals surface area contributed by atoms with Crippen molar-refractivity contribution < 1.29 is 4.79 Å². The van der Waals surface area contributed by atoms with Crippen LogP contribution in [0.4, 0.5) is 5.69 Å². The Hall–Kier alpha value is -1.26. The fourth-order valence-corrected chi connectivity index (χ4v) is 2.68. The second-order valence-corrected chi connectivity index (χ2v) is 5.57. The van der Waals surface area contributed by atoms with Gasteiger partial charge in [-0.05, 0) is 37.6 Å². The van der Waals surface area contributed by atoms with Gasteiger partial charge in [-0.15, -0.1) is 0 Å². The number of anilines is 1. The van der Waals surface area contributed by atoms with Gasteiger partial charge in [0.05, 0.1) is 17.3 Å². The predicted octanol–water partition coefficient (Wildman–Crippen LogP) is 2.34. The van der Waals surface area contributed by atoms with Crippen LogP contribution in [0.2, 0.25) is 5.02 Å². The second kappa shape index (κ2) is 6.95. The van der Waals surface area contributed by atoms with Crippen LogP contribution in [0.3, 0.4) is 0 Å². The summed E-state index contributed by atoms with van der Waals surface area (Å²) < 4.78 is 0. The van der Waals surface area contributed by atoms with Crippen molar-refractivity contribution in [1.29, 1.82) is 0 Å². The molecule has 1 unspecified atom stereocenters. The van der Waals surface area contributed by atoms with Crippen molar-refractivity contribution in [3.63, 3.8) is 0 Å². The van der Waals surface area contributed by atoms with E-state index in [1.54, 1.807) is 0 Å². The highest BCUT2D eigenvalue weighted by Gasteiger charge is 2.19. The first kappa shape index (κ1) is 15.1. The Morgan fingerprint density at radius 3 is 2.95 bits per heavy atom. The SMILES string of the molecule is CCCNC(C)c1ccc(N2CCNC(=O)C2)c(Cl)c1. The standard InChI is InChI=1S/C15H22ClN3O/c1-3-6-17-11(2)12-4-5-14(13(16)9-12)19-8-7-18-15(20)10-19/h4-5,9,11,17H,3,6-8,10H2,1-2H3,(H,18,20). The van der Waals surface area contributed by atoms with Gasteiger partial charge in [-0.2, -0.15) is 0 Å². The van der Waals surface area contributed by atoms with E-state index in [9.17, 15) is 4.79 Å². The van der Waals surface area contributed by atoms with E-state index in [0.717, 1.165) is 25.2 Å². The number of nitrogens with one attached hydrogen (secondary N) is 2. The molecule has 1 aromatic rings. The highest BCUT2D eigenvalue weighted by atomic mass is 35.5. The van der Waals surface area contributed by atoms with Crippen molar-refractivity contribution >= 4 is 23.2 Å². The fourth-order valence-electron chi connectivity index (χ4n) is 2.37. The van der Waals surface area contributed by atoms with Crippen molar-refractivity contribution in [2.24, 2.45) is 0 Å². The van der Waals surface area contributed by atoms with Gasteiger partial charge in [0.15, 0.2) is 0 Å². The number of rotatable bonds is 5. The topological polar surface area (TPSA) is 44.4 Å². The molecule has 0 saturated carbocycles. The minimum absolute atomic E-state index is 0.0503. The molecule has 1 aromatic carbocycles. The van der Waals surface area contributed by atoms with Crippen LogP contribution < -0.4 is 15.5 Å². The fraction of sp³-hybridized carbons (Fsp3) is 0.533. The second-order valence-electron chi connectivity index (χ2n) is 5.16. The first-order chi connectivity index (χ1) is 9.61. The minimum Gasteiger partial charge on any atom is -0.359 e. The van der Waals surface area contributed by atoms with Gasteiger partial charge >= 0.3 is 0 Å². The van der Waals surface area contributed by atoms with Crippen LogP contribution >= 0.6 is 11.6 Å². The molecule has 2 N–H and O–H groups in total. The number of carbonyl (C=O) groups excluding carboxylic acids is 1. The first-order valence-electron chi connectivity index (χ1n) is 7.16. The van der Waals surface area contributed by atoms with Gasteiger partial charge in [-0.3, -0.25) is 4.79 Å². The molecule has 0 spiro atoms. The highest BCUT2D eigenvalue weighted by molar-refractivity contribution is 6.33. The van der Waals surface area contributed by atoms with Crippen LogP contribution in [0.25, 0.3) is 0 Å². The third kappa shape index (κ3) is 3.64. The number of benzene rings is 1. The van der Waals surface area contributed by atoms with E-state index in [4.69, 9.17) is 11.6 Å². The summed E-state index contributed by atoms with van der Waals surface area (Å²) in [5, 5.41) is 6.98. The van der Waals surface area contributed by atoms with Crippen LogP contribution in [0.5, 0.6) is 0 Å². The van der Waals surface area contributed by atoms with E-state index in [2.05, 4.69) is 30.5 Å². The van der Waals surface area contributed by atoms with Crippen LogP contribution in [0.15, 0.2) is 18.2 Å². The zero-order chi connectivity index (χ0) is 14.5. The summed E-state index contributed by atoms with van der Waals surface area (Å²) in [4.78, 5) is 13.5. The number of hydrogen-bond donors (Lipinski definition) is 2. The predicted molar refractivity (Wildman–Crippen MR) is 83.4 cm³/mol. The molecule has 2 rings (SSSR count). The van der Waals surface area contributed by atoms with Gasteiger partial charge in [0.25, 0.3) is 0 Å². The molecule has 1 aliphatic heterocycles. The van der Waals surface area contributed by atoms with Gasteiger partial charge < -0.3 is 15.5 Å². The van der Waals surface area contributed by atoms with Gasteiger partial charge in [0, 0.05) is 19.1 Å². The number of carbonyl (C=O) groups is 1. The zero-order valence-electron chi connectivity index (χ0n) is 12.1. The average molecular weight is 296 g/mol. The third-order valence-corrected chi connectivity index (χ3v) is 3.85. The van der Waals surface area contributed by atoms with Crippen molar-refractivity contribution in [2.75, 3.05) is 31.1 Å². The summed E-state index contributed by atoms with van der Waals surface area (Å²) >= 11 is 6.39. The van der Waals surface area contributed by atoms with Crippen LogP contribution in [0, 0.1) is 0 Å². The lowest BCUT2D eigenvalue weighted by Crippen LogP contribution is -2.47. The molecule has 1 saturated heterocycles. The summed E-state index contributed by atoms with van der Waals surface area (Å²) in [6, 6.07) is 6.38. The van der Waals surface area contributed by atoms with Gasteiger partial charge in [0.1, 0.15) is 0 Å². The van der Waals surface area contributed by atoms with E-state index in [-0.39, 0.29) is 11.9 Å². The minimum atomic E-state index is 0.0503. The molecule has 1 fully saturated rings. The highest BCUT2D eigenvalue weighted by Crippen LogP contribution is 2.29. The zero-order valence-corrected chi connectivity index (χ0v) is 12.8. The van der Waals surface area contributed by atoms with Crippen LogP contribution in [-0.4, -0.2) is 32.1 Å². The summed E-state index contributed by atoms with van der Waals surface area (Å²) in [6.45, 7) is 7.13. The molecule has 4 nitrogen and oxygen atoms in total. The average Bonchev–Trinajstić information content (AvgIpc) is 2.44. The number of amides is 1. The van der Waals surface area contributed by atoms with Crippen molar-refractivity contribution in [3.8, 4) is 0 Å². The summed E-state index contributed by atoms with van der Waals surface area (Å²) in [5.74, 6) is 0.0503. The monoisotopic (exact) mass is 295 g/mol. The Labute approximate surface area is 125 Å². The van der Waals surface area contributed by atoms with Gasteiger partial charge in [0.2, 0.25) is 5.91 Å². The maximum absolute atomic E-state index is 11.4. The van der Waals surface area contributed by atoms with Gasteiger partial charge in [-0.25, -0.2) is 0 Å². The summed E-state index contributed by atoms with van der Waals surface area (Å²) in [7, 11) is 0. The number of hydrogen-bond acceptors (Lipinski definition) is 3. The Balaban J connectivity index is 2.11. The molecule has 0 radical (unpaired) electrons. The maximum atomic E-state index is 11.4. The lowest BCUT2D eigenvalue weighted by atomic mass is 10.1. The Bertz CT molecular complexity index is 478. The van der Waals surface area contributed by atoms with Crippen LogP contribution in [0.1, 0.15) is 31.9 Å². The first-order valence-corrected chi connectivity index (χ1v) is 7.54. The summed E-state index contributed by atoms with van der Waals surface area (Å²) in [6.07, 6.45) is 1.11. The molecule has 0 aliphatic carbocycles. The molecule has 1 amide bonds. The maximum Gasteiger partial charge on any atom is 0.239 e. The molecule has 110 valence electrons. The lowest BCUT2D eigenvalue weighted by Gasteiger charge is -2.29. The third-order valence-electron chi connectivity index (χ3n) is 3.55. The molecule has 1 heterocycles. The molecule has 0 aromatic heterocycles. The quantitative estimate of drug-likeness (QED) is 0.876. The smallest absolute Gasteiger partial charge is 0.239 e. The van der Waals surface area contributed by atoms with Crippen molar-refractivity contribution in [2.45, 2.75) is 26.3 Å². The summed E-state index contributed by atoms with van der Waals surface area (Å²) in [5.41, 5.74) is 2.11. The van der Waals surface area contributed by atoms with Crippen molar-refractivity contribution in [1.82, 2.24) is 10.6 Å². The number of piperazine rings is 1. The van der Waals surface area contributed by atoms with E-state index in [1.165, 1.54) is 5.56 Å². The normalized spacial score (nSPS) is 16.9. The Morgan fingerprint density at radius 2 is 2.30 bits per heavy atom. The molecular formula is C15H22ClN3O. The van der Waals surface area contributed by atoms with E-state index in [1.807, 2.05) is 17.0 Å². The van der Waals surface area contributed by atoms with E-state index < -0.39 is 0 Å². The number of nitrogens with zero attached hydrogens (tertiary/aromatic N) is 1. The molecular weight excluding hydrogens is 274 g/mol. The van der Waals surface area contributed by atoms with E-state index in [0.29, 0.717) is 18.1 Å². The molecule has 20 heavy (non-hydrogen) atoms. The lowest BCUT2D eigenvalue weighted by molar-refractivity contribution is -0.120. The van der Waals surface area contributed by atoms with Crippen molar-refractivity contribution in [3.05, 3.63) is 28.8 Å². The molecule has 5 heteroatoms. The Morgan fingerprint density at radius 1 is 1.50 bits per heavy atom. The molecule has 0 bridgehead atoms. The Kier molecular flexibility index (Phi) is 5.26. The van der Waals surface area contributed by atoms with Crippen LogP contribution in [-0.2, 0) is 4.79 Å².